The number of nitriles is 2. The Balaban J connectivity index is 0.000000326. The first-order valence-electron chi connectivity index (χ1n) is 5.70. The molecule has 112 valence electrons. The Kier molecular flexibility index (Phi) is 8.42. The summed E-state index contributed by atoms with van der Waals surface area (Å²) in [5, 5.41) is 48.3. The maximum absolute atomic E-state index is 8.89. The molecule has 2 rings (SSSR count). The lowest BCUT2D eigenvalue weighted by molar-refractivity contribution is 0.137. The molecule has 0 amide bonds. The number of benzene rings is 2. The highest BCUT2D eigenvalue weighted by molar-refractivity contribution is 5.53. The maximum Gasteiger partial charge on any atom is 0.503 e. The standard InChI is InChI=1S/2C7H5NO.CH2O3/c2*8-5-6-3-1-2-4-7(6)9;2-1(3)4/h2*1-4,9H;(H2,2,3,4). The topological polar surface area (TPSA) is 146 Å². The van der Waals surface area contributed by atoms with Gasteiger partial charge >= 0.3 is 6.16 Å². The van der Waals surface area contributed by atoms with Crippen LogP contribution in [0, 0.1) is 22.7 Å². The molecule has 0 heterocycles. The molecule has 0 atom stereocenters. The van der Waals surface area contributed by atoms with Gasteiger partial charge < -0.3 is 20.4 Å². The monoisotopic (exact) mass is 300 g/mol. The molecular weight excluding hydrogens is 288 g/mol. The molecular formula is C15H12N2O5. The number of para-hydroxylation sites is 2. The van der Waals surface area contributed by atoms with Crippen molar-refractivity contribution in [2.45, 2.75) is 0 Å². The van der Waals surface area contributed by atoms with E-state index in [-0.39, 0.29) is 11.5 Å². The van der Waals surface area contributed by atoms with Gasteiger partial charge in [-0.25, -0.2) is 4.79 Å². The third-order valence-electron chi connectivity index (χ3n) is 2.05. The number of hydrogen-bond acceptors (Lipinski definition) is 5. The van der Waals surface area contributed by atoms with Gasteiger partial charge in [-0.05, 0) is 24.3 Å². The van der Waals surface area contributed by atoms with Crippen LogP contribution in [-0.2, 0) is 0 Å². The van der Waals surface area contributed by atoms with E-state index in [2.05, 4.69) is 0 Å². The van der Waals surface area contributed by atoms with Crippen molar-refractivity contribution in [3.8, 4) is 23.6 Å². The molecule has 0 aliphatic heterocycles. The molecule has 0 spiro atoms. The molecule has 7 nitrogen and oxygen atoms in total. The van der Waals surface area contributed by atoms with Crippen molar-refractivity contribution >= 4 is 6.16 Å². The van der Waals surface area contributed by atoms with Crippen LogP contribution in [-0.4, -0.2) is 26.6 Å². The van der Waals surface area contributed by atoms with Crippen LogP contribution >= 0.6 is 0 Å². The average molecular weight is 300 g/mol. The van der Waals surface area contributed by atoms with E-state index >= 15 is 0 Å². The predicted molar refractivity (Wildman–Crippen MR) is 76.3 cm³/mol. The van der Waals surface area contributed by atoms with Gasteiger partial charge in [0.1, 0.15) is 23.6 Å². The molecule has 7 heteroatoms. The molecule has 0 unspecified atom stereocenters. The molecule has 0 aromatic heterocycles. The zero-order chi connectivity index (χ0) is 17.0. The van der Waals surface area contributed by atoms with E-state index in [4.69, 9.17) is 35.7 Å². The van der Waals surface area contributed by atoms with Crippen molar-refractivity contribution in [1.82, 2.24) is 0 Å². The van der Waals surface area contributed by atoms with Crippen LogP contribution in [0.3, 0.4) is 0 Å². The number of phenols is 2. The summed E-state index contributed by atoms with van der Waals surface area (Å²) in [6.45, 7) is 0. The van der Waals surface area contributed by atoms with Gasteiger partial charge in [0.25, 0.3) is 0 Å². The Morgan fingerprint density at radius 1 is 0.773 bits per heavy atom. The van der Waals surface area contributed by atoms with Crippen LogP contribution in [0.1, 0.15) is 11.1 Å². The first-order chi connectivity index (χ1) is 10.4. The number of hydrogen-bond donors (Lipinski definition) is 4. The average Bonchev–Trinajstić information content (AvgIpc) is 2.48. The van der Waals surface area contributed by atoms with Crippen LogP contribution in [0.2, 0.25) is 0 Å². The minimum atomic E-state index is -1.83. The third-order valence-corrected chi connectivity index (χ3v) is 2.05. The molecule has 0 bridgehead atoms. The van der Waals surface area contributed by atoms with Gasteiger partial charge in [-0.2, -0.15) is 10.5 Å². The lowest BCUT2D eigenvalue weighted by Gasteiger charge is -1.89. The third kappa shape index (κ3) is 7.67. The van der Waals surface area contributed by atoms with Gasteiger partial charge in [0.2, 0.25) is 0 Å². The fraction of sp³-hybridized carbons (Fsp3) is 0. The Morgan fingerprint density at radius 3 is 1.23 bits per heavy atom. The van der Waals surface area contributed by atoms with Crippen LogP contribution in [0.5, 0.6) is 11.5 Å². The highest BCUT2D eigenvalue weighted by Crippen LogP contribution is 2.13. The van der Waals surface area contributed by atoms with Crippen molar-refractivity contribution in [1.29, 1.82) is 10.5 Å². The highest BCUT2D eigenvalue weighted by atomic mass is 16.6. The van der Waals surface area contributed by atoms with E-state index in [1.54, 1.807) is 36.4 Å². The smallest absolute Gasteiger partial charge is 0.503 e. The zero-order valence-electron chi connectivity index (χ0n) is 11.2. The Hall–Kier alpha value is -3.71. The van der Waals surface area contributed by atoms with Gasteiger partial charge in [0.15, 0.2) is 0 Å². The quantitative estimate of drug-likeness (QED) is 0.585. The van der Waals surface area contributed by atoms with Gasteiger partial charge in [0, 0.05) is 0 Å². The van der Waals surface area contributed by atoms with Crippen molar-refractivity contribution in [3.63, 3.8) is 0 Å². The first-order valence-corrected chi connectivity index (χ1v) is 5.70. The molecule has 0 saturated heterocycles. The van der Waals surface area contributed by atoms with Crippen LogP contribution in [0.15, 0.2) is 48.5 Å². The molecule has 4 N–H and O–H groups in total. The molecule has 2 aromatic carbocycles. The Morgan fingerprint density at radius 2 is 1.05 bits per heavy atom. The maximum atomic E-state index is 8.89. The van der Waals surface area contributed by atoms with Gasteiger partial charge in [0.05, 0.1) is 11.1 Å². The SMILES string of the molecule is N#Cc1ccccc1O.N#Cc1ccccc1O.O=C(O)O. The van der Waals surface area contributed by atoms with Crippen LogP contribution < -0.4 is 0 Å². The molecule has 2 aromatic rings. The van der Waals surface area contributed by atoms with Crippen molar-refractivity contribution in [3.05, 3.63) is 59.7 Å². The summed E-state index contributed by atoms with van der Waals surface area (Å²) < 4.78 is 0. The van der Waals surface area contributed by atoms with E-state index in [0.29, 0.717) is 11.1 Å². The molecule has 0 radical (unpaired) electrons. The fourth-order valence-electron chi connectivity index (χ4n) is 1.14. The lowest BCUT2D eigenvalue weighted by Crippen LogP contribution is -1.81. The summed E-state index contributed by atoms with van der Waals surface area (Å²) in [7, 11) is 0. The van der Waals surface area contributed by atoms with Crippen LogP contribution in [0.4, 0.5) is 4.79 Å². The summed E-state index contributed by atoms with van der Waals surface area (Å²) in [6.07, 6.45) is -1.83. The highest BCUT2D eigenvalue weighted by Gasteiger charge is 1.93. The lowest BCUT2D eigenvalue weighted by atomic mass is 10.2. The summed E-state index contributed by atoms with van der Waals surface area (Å²) in [5.74, 6) is 0.0833. The number of nitrogens with zero attached hydrogens (tertiary/aromatic N) is 2. The summed E-state index contributed by atoms with van der Waals surface area (Å²) >= 11 is 0. The largest absolute Gasteiger partial charge is 0.507 e. The number of carboxylic acid groups (broad SMARTS) is 2. The molecule has 0 fully saturated rings. The second kappa shape index (κ2) is 10.1. The van der Waals surface area contributed by atoms with E-state index in [9.17, 15) is 0 Å². The van der Waals surface area contributed by atoms with E-state index < -0.39 is 6.16 Å². The van der Waals surface area contributed by atoms with E-state index in [1.165, 1.54) is 12.1 Å². The minimum Gasteiger partial charge on any atom is -0.507 e. The second-order valence-electron chi connectivity index (χ2n) is 3.54. The van der Waals surface area contributed by atoms with Gasteiger partial charge in [-0.15, -0.1) is 0 Å². The normalized spacial score (nSPS) is 7.91. The molecule has 0 aliphatic carbocycles. The van der Waals surface area contributed by atoms with Crippen molar-refractivity contribution in [2.24, 2.45) is 0 Å². The number of aromatic hydroxyl groups is 2. The summed E-state index contributed by atoms with van der Waals surface area (Å²) in [5.41, 5.74) is 0.634. The Bertz CT molecular complexity index is 642. The molecule has 0 saturated carbocycles. The first kappa shape index (κ1) is 18.3. The van der Waals surface area contributed by atoms with Gasteiger partial charge in [-0.1, -0.05) is 24.3 Å². The Labute approximate surface area is 126 Å². The predicted octanol–water partition coefficient (Wildman–Crippen LogP) is 2.75. The summed E-state index contributed by atoms with van der Waals surface area (Å²) in [6, 6.07) is 16.6. The van der Waals surface area contributed by atoms with Crippen LogP contribution in [0.25, 0.3) is 0 Å². The number of rotatable bonds is 0. The molecule has 0 aliphatic rings. The number of phenolic OH excluding ortho intramolecular Hbond substituents is 2. The van der Waals surface area contributed by atoms with Crippen molar-refractivity contribution < 1.29 is 25.2 Å². The number of carbonyl (C=O) groups is 1. The van der Waals surface area contributed by atoms with E-state index in [1.807, 2.05) is 12.1 Å². The summed E-state index contributed by atoms with van der Waals surface area (Å²) in [4.78, 5) is 8.56. The van der Waals surface area contributed by atoms with Crippen molar-refractivity contribution in [2.75, 3.05) is 0 Å². The minimum absolute atomic E-state index is 0.0417. The van der Waals surface area contributed by atoms with E-state index in [0.717, 1.165) is 0 Å². The zero-order valence-corrected chi connectivity index (χ0v) is 11.2. The molecule has 22 heavy (non-hydrogen) atoms. The fourth-order valence-corrected chi connectivity index (χ4v) is 1.14. The van der Waals surface area contributed by atoms with Gasteiger partial charge in [-0.3, -0.25) is 0 Å². The second-order valence-corrected chi connectivity index (χ2v) is 3.54.